The SMILES string of the molecule is CN(CC1CCN(CCc2ccccc2F)CC1)C(=O)CCc1cccnc1. The molecule has 1 aliphatic rings. The lowest BCUT2D eigenvalue weighted by molar-refractivity contribution is -0.130. The Hall–Kier alpha value is -2.27. The molecule has 2 heterocycles. The zero-order chi connectivity index (χ0) is 19.8. The molecule has 1 aromatic heterocycles. The average molecular weight is 384 g/mol. The predicted octanol–water partition coefficient (Wildman–Crippen LogP) is 3.57. The van der Waals surface area contributed by atoms with E-state index in [1.54, 1.807) is 12.3 Å². The minimum absolute atomic E-state index is 0.108. The Kier molecular flexibility index (Phi) is 7.54. The maximum atomic E-state index is 13.7. The number of amides is 1. The van der Waals surface area contributed by atoms with Crippen LogP contribution in [0.1, 0.15) is 30.4 Å². The second-order valence-electron chi connectivity index (χ2n) is 7.76. The minimum atomic E-state index is -0.108. The van der Waals surface area contributed by atoms with Gasteiger partial charge in [0.15, 0.2) is 0 Å². The van der Waals surface area contributed by atoms with E-state index in [2.05, 4.69) is 9.88 Å². The van der Waals surface area contributed by atoms with Gasteiger partial charge in [-0.15, -0.1) is 0 Å². The normalized spacial score (nSPS) is 15.5. The van der Waals surface area contributed by atoms with Gasteiger partial charge in [-0.05, 0) is 68.0 Å². The fraction of sp³-hybridized carbons (Fsp3) is 0.478. The van der Waals surface area contributed by atoms with E-state index >= 15 is 0 Å². The molecular formula is C23H30FN3O. The monoisotopic (exact) mass is 383 g/mol. The Morgan fingerprint density at radius 1 is 1.18 bits per heavy atom. The third-order valence-electron chi connectivity index (χ3n) is 5.67. The molecule has 1 aromatic carbocycles. The van der Waals surface area contributed by atoms with Gasteiger partial charge in [0, 0.05) is 39.0 Å². The molecule has 5 heteroatoms. The number of piperidine rings is 1. The van der Waals surface area contributed by atoms with Crippen molar-refractivity contribution in [1.29, 1.82) is 0 Å². The van der Waals surface area contributed by atoms with Gasteiger partial charge in [0.25, 0.3) is 0 Å². The van der Waals surface area contributed by atoms with Gasteiger partial charge in [0.1, 0.15) is 5.82 Å². The summed E-state index contributed by atoms with van der Waals surface area (Å²) in [6.45, 7) is 3.77. The van der Waals surface area contributed by atoms with Crippen molar-refractivity contribution in [2.24, 2.45) is 5.92 Å². The molecule has 0 atom stereocenters. The van der Waals surface area contributed by atoms with Crippen LogP contribution in [0.25, 0.3) is 0 Å². The minimum Gasteiger partial charge on any atom is -0.345 e. The van der Waals surface area contributed by atoms with Crippen LogP contribution in [-0.4, -0.2) is 53.9 Å². The molecule has 150 valence electrons. The van der Waals surface area contributed by atoms with Crippen LogP contribution < -0.4 is 0 Å². The van der Waals surface area contributed by atoms with E-state index in [1.165, 1.54) is 6.07 Å². The van der Waals surface area contributed by atoms with Gasteiger partial charge >= 0.3 is 0 Å². The molecule has 2 aromatic rings. The van der Waals surface area contributed by atoms with Gasteiger partial charge in [0.05, 0.1) is 0 Å². The average Bonchev–Trinajstić information content (AvgIpc) is 2.73. The van der Waals surface area contributed by atoms with Crippen molar-refractivity contribution in [3.8, 4) is 0 Å². The molecule has 0 N–H and O–H groups in total. The van der Waals surface area contributed by atoms with Crippen molar-refractivity contribution in [1.82, 2.24) is 14.8 Å². The Morgan fingerprint density at radius 3 is 2.68 bits per heavy atom. The summed E-state index contributed by atoms with van der Waals surface area (Å²) < 4.78 is 13.7. The lowest BCUT2D eigenvalue weighted by atomic mass is 9.95. The van der Waals surface area contributed by atoms with Crippen molar-refractivity contribution in [2.75, 3.05) is 33.2 Å². The van der Waals surface area contributed by atoms with E-state index in [1.807, 2.05) is 42.4 Å². The van der Waals surface area contributed by atoms with Crippen LogP contribution in [0, 0.1) is 11.7 Å². The van der Waals surface area contributed by atoms with Crippen LogP contribution in [0.5, 0.6) is 0 Å². The summed E-state index contributed by atoms with van der Waals surface area (Å²) in [4.78, 5) is 20.8. The fourth-order valence-electron chi connectivity index (χ4n) is 3.85. The van der Waals surface area contributed by atoms with E-state index in [0.29, 0.717) is 12.3 Å². The zero-order valence-corrected chi connectivity index (χ0v) is 16.7. The first kappa shape index (κ1) is 20.5. The smallest absolute Gasteiger partial charge is 0.222 e. The first-order chi connectivity index (χ1) is 13.6. The number of halogens is 1. The second kappa shape index (κ2) is 10.3. The van der Waals surface area contributed by atoms with Gasteiger partial charge in [-0.3, -0.25) is 9.78 Å². The zero-order valence-electron chi connectivity index (χ0n) is 16.7. The number of aryl methyl sites for hydroxylation is 1. The Morgan fingerprint density at radius 2 is 1.96 bits per heavy atom. The number of hydrogen-bond donors (Lipinski definition) is 0. The van der Waals surface area contributed by atoms with E-state index in [9.17, 15) is 9.18 Å². The maximum absolute atomic E-state index is 13.7. The maximum Gasteiger partial charge on any atom is 0.222 e. The second-order valence-corrected chi connectivity index (χ2v) is 7.76. The van der Waals surface area contributed by atoms with Crippen molar-refractivity contribution in [3.05, 3.63) is 65.7 Å². The standard InChI is InChI=1S/C23H30FN3O/c1-26(23(28)9-8-19-5-4-13-25-17-19)18-20-10-14-27(15-11-20)16-12-21-6-2-3-7-22(21)24/h2-7,13,17,20H,8-12,14-16,18H2,1H3. The van der Waals surface area contributed by atoms with Gasteiger partial charge in [-0.2, -0.15) is 0 Å². The van der Waals surface area contributed by atoms with Crippen LogP contribution in [0.2, 0.25) is 0 Å². The van der Waals surface area contributed by atoms with Crippen molar-refractivity contribution in [3.63, 3.8) is 0 Å². The Bertz CT molecular complexity index is 745. The van der Waals surface area contributed by atoms with E-state index < -0.39 is 0 Å². The molecule has 1 aliphatic heterocycles. The summed E-state index contributed by atoms with van der Waals surface area (Å²) in [7, 11) is 1.91. The van der Waals surface area contributed by atoms with Crippen molar-refractivity contribution >= 4 is 5.91 Å². The van der Waals surface area contributed by atoms with Crippen LogP contribution in [-0.2, 0) is 17.6 Å². The molecule has 1 saturated heterocycles. The first-order valence-corrected chi connectivity index (χ1v) is 10.2. The lowest BCUT2D eigenvalue weighted by Crippen LogP contribution is -2.40. The quantitative estimate of drug-likeness (QED) is 0.699. The predicted molar refractivity (Wildman–Crippen MR) is 109 cm³/mol. The van der Waals surface area contributed by atoms with E-state index in [0.717, 1.165) is 63.0 Å². The summed E-state index contributed by atoms with van der Waals surface area (Å²) >= 11 is 0. The number of nitrogens with zero attached hydrogens (tertiary/aromatic N) is 3. The lowest BCUT2D eigenvalue weighted by Gasteiger charge is -2.34. The number of rotatable bonds is 8. The topological polar surface area (TPSA) is 36.4 Å². The largest absolute Gasteiger partial charge is 0.345 e. The highest BCUT2D eigenvalue weighted by Crippen LogP contribution is 2.19. The molecule has 3 rings (SSSR count). The summed E-state index contributed by atoms with van der Waals surface area (Å²) in [6.07, 6.45) is 7.79. The van der Waals surface area contributed by atoms with Gasteiger partial charge in [-0.25, -0.2) is 4.39 Å². The van der Waals surface area contributed by atoms with Gasteiger partial charge in [-0.1, -0.05) is 24.3 Å². The van der Waals surface area contributed by atoms with E-state index in [4.69, 9.17) is 0 Å². The number of aromatic nitrogens is 1. The molecule has 0 bridgehead atoms. The highest BCUT2D eigenvalue weighted by atomic mass is 19.1. The van der Waals surface area contributed by atoms with Crippen LogP contribution in [0.3, 0.4) is 0 Å². The summed E-state index contributed by atoms with van der Waals surface area (Å²) in [5.41, 5.74) is 1.90. The molecule has 0 spiro atoms. The Labute approximate surface area is 167 Å². The van der Waals surface area contributed by atoms with Gasteiger partial charge < -0.3 is 9.80 Å². The fourth-order valence-corrected chi connectivity index (χ4v) is 3.85. The third kappa shape index (κ3) is 6.13. The molecule has 0 radical (unpaired) electrons. The number of pyridine rings is 1. The summed E-state index contributed by atoms with van der Waals surface area (Å²) in [6, 6.07) is 10.9. The molecule has 1 amide bonds. The van der Waals surface area contributed by atoms with Crippen LogP contribution in [0.15, 0.2) is 48.8 Å². The number of likely N-dealkylation sites (tertiary alicyclic amines) is 1. The van der Waals surface area contributed by atoms with Crippen molar-refractivity contribution in [2.45, 2.75) is 32.1 Å². The van der Waals surface area contributed by atoms with E-state index in [-0.39, 0.29) is 11.7 Å². The summed E-state index contributed by atoms with van der Waals surface area (Å²) in [5.74, 6) is 0.645. The molecule has 0 saturated carbocycles. The highest BCUT2D eigenvalue weighted by molar-refractivity contribution is 5.76. The molecular weight excluding hydrogens is 353 g/mol. The number of carbonyl (C=O) groups excluding carboxylic acids is 1. The molecule has 1 fully saturated rings. The number of hydrogen-bond acceptors (Lipinski definition) is 3. The van der Waals surface area contributed by atoms with Gasteiger partial charge in [0.2, 0.25) is 5.91 Å². The number of carbonyl (C=O) groups is 1. The molecule has 0 aliphatic carbocycles. The first-order valence-electron chi connectivity index (χ1n) is 10.2. The number of benzene rings is 1. The highest BCUT2D eigenvalue weighted by Gasteiger charge is 2.22. The Balaban J connectivity index is 1.35. The molecule has 28 heavy (non-hydrogen) atoms. The summed E-state index contributed by atoms with van der Waals surface area (Å²) in [5, 5.41) is 0. The van der Waals surface area contributed by atoms with Crippen molar-refractivity contribution < 1.29 is 9.18 Å². The van der Waals surface area contributed by atoms with Crippen LogP contribution in [0.4, 0.5) is 4.39 Å². The third-order valence-corrected chi connectivity index (χ3v) is 5.67. The molecule has 4 nitrogen and oxygen atoms in total. The van der Waals surface area contributed by atoms with Crippen LogP contribution >= 0.6 is 0 Å². The molecule has 0 unspecified atom stereocenters.